The van der Waals surface area contributed by atoms with Gasteiger partial charge < -0.3 is 14.7 Å². The number of hydrogen-bond acceptors (Lipinski definition) is 4. The molecule has 0 radical (unpaired) electrons. The number of benzene rings is 1. The van der Waals surface area contributed by atoms with Crippen LogP contribution in [0.2, 0.25) is 0 Å². The normalized spacial score (nSPS) is 28.4. The first-order chi connectivity index (χ1) is 9.45. The van der Waals surface area contributed by atoms with Crippen LogP contribution < -0.4 is 4.90 Å². The third-order valence-corrected chi connectivity index (χ3v) is 4.01. The highest BCUT2D eigenvalue weighted by atomic mass is 19.1. The zero-order valence-corrected chi connectivity index (χ0v) is 10.9. The molecular weight excluding hydrogens is 265 g/mol. The summed E-state index contributed by atoms with van der Waals surface area (Å²) in [5.74, 6) is -2.32. The van der Waals surface area contributed by atoms with Gasteiger partial charge in [-0.25, -0.2) is 4.39 Å². The molecule has 2 aliphatic rings. The van der Waals surface area contributed by atoms with Crippen LogP contribution in [0.4, 0.5) is 10.1 Å². The second-order valence-electron chi connectivity index (χ2n) is 5.17. The quantitative estimate of drug-likeness (QED) is 0.777. The average Bonchev–Trinajstić information content (AvgIpc) is 2.93. The molecule has 1 amide bonds. The Morgan fingerprint density at radius 1 is 1.55 bits per heavy atom. The molecule has 1 aromatic carbocycles. The number of carbonyl (C=O) groups is 2. The van der Waals surface area contributed by atoms with Crippen molar-refractivity contribution in [2.75, 3.05) is 18.1 Å². The lowest BCUT2D eigenvalue weighted by molar-refractivity contribution is -0.148. The summed E-state index contributed by atoms with van der Waals surface area (Å²) in [7, 11) is 0. The molecule has 2 heterocycles. The zero-order chi connectivity index (χ0) is 14.5. The SMILES string of the molecule is CC(=O)N1CC(O)(C2CCOC2=O)c2c(F)cccc21. The molecule has 0 spiro atoms. The van der Waals surface area contributed by atoms with Crippen molar-refractivity contribution in [3.63, 3.8) is 0 Å². The fourth-order valence-corrected chi connectivity index (χ4v) is 3.07. The van der Waals surface area contributed by atoms with Crippen LogP contribution in [-0.4, -0.2) is 30.1 Å². The summed E-state index contributed by atoms with van der Waals surface area (Å²) >= 11 is 0. The van der Waals surface area contributed by atoms with E-state index in [4.69, 9.17) is 4.74 Å². The van der Waals surface area contributed by atoms with E-state index in [0.29, 0.717) is 12.1 Å². The van der Waals surface area contributed by atoms with E-state index in [9.17, 15) is 19.1 Å². The Labute approximate surface area is 114 Å². The van der Waals surface area contributed by atoms with Crippen molar-refractivity contribution in [2.45, 2.75) is 18.9 Å². The van der Waals surface area contributed by atoms with E-state index in [-0.39, 0.29) is 24.6 Å². The number of nitrogens with zero attached hydrogens (tertiary/aromatic N) is 1. The first kappa shape index (κ1) is 13.1. The third kappa shape index (κ3) is 1.64. The van der Waals surface area contributed by atoms with Gasteiger partial charge in [-0.05, 0) is 18.6 Å². The van der Waals surface area contributed by atoms with E-state index >= 15 is 0 Å². The molecule has 2 aliphatic heterocycles. The number of β-amino-alcohol motifs (C(OH)–C–C–N with tert-alkyl or cyclic N) is 1. The molecule has 3 rings (SSSR count). The molecule has 0 aliphatic carbocycles. The summed E-state index contributed by atoms with van der Waals surface area (Å²) in [6.45, 7) is 1.42. The smallest absolute Gasteiger partial charge is 0.312 e. The van der Waals surface area contributed by atoms with Crippen molar-refractivity contribution in [1.29, 1.82) is 0 Å². The Hall–Kier alpha value is -1.95. The van der Waals surface area contributed by atoms with Crippen LogP contribution in [0.5, 0.6) is 0 Å². The lowest BCUT2D eigenvalue weighted by Gasteiger charge is -2.28. The largest absolute Gasteiger partial charge is 0.465 e. The van der Waals surface area contributed by atoms with Crippen LogP contribution in [0.3, 0.4) is 0 Å². The summed E-state index contributed by atoms with van der Waals surface area (Å²) in [6, 6.07) is 4.26. The number of ether oxygens (including phenoxy) is 1. The van der Waals surface area contributed by atoms with Gasteiger partial charge in [-0.15, -0.1) is 0 Å². The fraction of sp³-hybridized carbons (Fsp3) is 0.429. The summed E-state index contributed by atoms with van der Waals surface area (Å²) in [5.41, 5.74) is -1.39. The zero-order valence-electron chi connectivity index (χ0n) is 10.9. The molecular formula is C14H14FNO4. The van der Waals surface area contributed by atoms with Gasteiger partial charge in [0.15, 0.2) is 0 Å². The Kier molecular flexibility index (Phi) is 2.79. The monoisotopic (exact) mass is 279 g/mol. The summed E-state index contributed by atoms with van der Waals surface area (Å²) in [6.07, 6.45) is 0.314. The molecule has 106 valence electrons. The number of aliphatic hydroxyl groups is 1. The van der Waals surface area contributed by atoms with E-state index in [1.807, 2.05) is 0 Å². The first-order valence-corrected chi connectivity index (χ1v) is 6.41. The maximum absolute atomic E-state index is 14.2. The Morgan fingerprint density at radius 3 is 2.90 bits per heavy atom. The molecule has 0 bridgehead atoms. The maximum atomic E-state index is 14.2. The predicted octanol–water partition coefficient (Wildman–Crippen LogP) is 0.943. The van der Waals surface area contributed by atoms with E-state index in [2.05, 4.69) is 0 Å². The average molecular weight is 279 g/mol. The van der Waals surface area contributed by atoms with E-state index in [1.54, 1.807) is 6.07 Å². The highest BCUT2D eigenvalue weighted by Crippen LogP contribution is 2.47. The van der Waals surface area contributed by atoms with Gasteiger partial charge in [-0.3, -0.25) is 9.59 Å². The molecule has 0 saturated carbocycles. The minimum Gasteiger partial charge on any atom is -0.465 e. The second kappa shape index (κ2) is 4.28. The molecule has 1 fully saturated rings. The molecule has 2 atom stereocenters. The lowest BCUT2D eigenvalue weighted by atomic mass is 9.81. The molecule has 0 aromatic heterocycles. The summed E-state index contributed by atoms with van der Waals surface area (Å²) in [5, 5.41) is 10.9. The predicted molar refractivity (Wildman–Crippen MR) is 67.4 cm³/mol. The van der Waals surface area contributed by atoms with Crippen molar-refractivity contribution < 1.29 is 23.8 Å². The molecule has 5 nitrogen and oxygen atoms in total. The van der Waals surface area contributed by atoms with Crippen molar-refractivity contribution in [1.82, 2.24) is 0 Å². The van der Waals surface area contributed by atoms with Crippen LogP contribution >= 0.6 is 0 Å². The molecule has 6 heteroatoms. The molecule has 20 heavy (non-hydrogen) atoms. The van der Waals surface area contributed by atoms with Crippen LogP contribution in [0.25, 0.3) is 0 Å². The number of amides is 1. The number of halogens is 1. The van der Waals surface area contributed by atoms with Gasteiger partial charge in [0.25, 0.3) is 0 Å². The minimum absolute atomic E-state index is 0.0130. The van der Waals surface area contributed by atoms with E-state index in [0.717, 1.165) is 0 Å². The Bertz CT molecular complexity index is 603. The highest BCUT2D eigenvalue weighted by Gasteiger charge is 2.54. The molecule has 1 aromatic rings. The number of fused-ring (bicyclic) bond motifs is 1. The number of hydrogen-bond donors (Lipinski definition) is 1. The van der Waals surface area contributed by atoms with E-state index in [1.165, 1.54) is 24.0 Å². The Morgan fingerprint density at radius 2 is 2.30 bits per heavy atom. The van der Waals surface area contributed by atoms with Crippen molar-refractivity contribution >= 4 is 17.6 Å². The summed E-state index contributed by atoms with van der Waals surface area (Å²) < 4.78 is 19.0. The van der Waals surface area contributed by atoms with E-state index < -0.39 is 23.3 Å². The third-order valence-electron chi connectivity index (χ3n) is 4.01. The highest BCUT2D eigenvalue weighted by molar-refractivity contribution is 5.95. The van der Waals surface area contributed by atoms with Gasteiger partial charge in [-0.2, -0.15) is 0 Å². The van der Waals surface area contributed by atoms with Crippen LogP contribution in [0.1, 0.15) is 18.9 Å². The molecule has 2 unspecified atom stereocenters. The Balaban J connectivity index is 2.15. The molecule has 1 N–H and O–H groups in total. The van der Waals surface area contributed by atoms with Crippen molar-refractivity contribution in [3.8, 4) is 0 Å². The topological polar surface area (TPSA) is 66.8 Å². The number of anilines is 1. The number of rotatable bonds is 1. The van der Waals surface area contributed by atoms with Gasteiger partial charge in [-0.1, -0.05) is 6.07 Å². The number of cyclic esters (lactones) is 1. The standard InChI is InChI=1S/C14H14FNO4/c1-8(17)16-7-14(19,9-5-6-20-13(9)18)12-10(15)3-2-4-11(12)16/h2-4,9,19H,5-7H2,1H3. The lowest BCUT2D eigenvalue weighted by Crippen LogP contribution is -2.43. The van der Waals surface area contributed by atoms with Gasteiger partial charge in [0.1, 0.15) is 11.4 Å². The van der Waals surface area contributed by atoms with Crippen molar-refractivity contribution in [3.05, 3.63) is 29.6 Å². The van der Waals surface area contributed by atoms with Gasteiger partial charge in [0.2, 0.25) is 5.91 Å². The number of carbonyl (C=O) groups excluding carboxylic acids is 2. The fourth-order valence-electron chi connectivity index (χ4n) is 3.07. The van der Waals surface area contributed by atoms with Gasteiger partial charge in [0.05, 0.1) is 24.8 Å². The summed E-state index contributed by atoms with van der Waals surface area (Å²) in [4.78, 5) is 24.7. The second-order valence-corrected chi connectivity index (χ2v) is 5.17. The van der Waals surface area contributed by atoms with Crippen LogP contribution in [0, 0.1) is 11.7 Å². The first-order valence-electron chi connectivity index (χ1n) is 6.41. The molecule has 1 saturated heterocycles. The van der Waals surface area contributed by atoms with Gasteiger partial charge >= 0.3 is 5.97 Å². The maximum Gasteiger partial charge on any atom is 0.312 e. The number of esters is 1. The van der Waals surface area contributed by atoms with Crippen LogP contribution in [-0.2, 0) is 19.9 Å². The minimum atomic E-state index is -1.72. The van der Waals surface area contributed by atoms with Crippen LogP contribution in [0.15, 0.2) is 18.2 Å². The van der Waals surface area contributed by atoms with Gasteiger partial charge in [0, 0.05) is 12.5 Å². The van der Waals surface area contributed by atoms with Crippen molar-refractivity contribution in [2.24, 2.45) is 5.92 Å².